The lowest BCUT2D eigenvalue weighted by molar-refractivity contribution is 0.141. The minimum atomic E-state index is -2.78. The Morgan fingerprint density at radius 1 is 0.931 bits per heavy atom. The first kappa shape index (κ1) is 18.9. The fourth-order valence-electron chi connectivity index (χ4n) is 3.08. The largest absolute Gasteiger partial charge is 0.355 e. The Labute approximate surface area is 166 Å². The summed E-state index contributed by atoms with van der Waals surface area (Å²) >= 11 is 0. The predicted octanol–water partition coefficient (Wildman–Crippen LogP) is 5.10. The summed E-state index contributed by atoms with van der Waals surface area (Å²) in [5, 5.41) is 7.98. The van der Waals surface area contributed by atoms with Gasteiger partial charge in [-0.3, -0.25) is 0 Å². The van der Waals surface area contributed by atoms with E-state index in [0.717, 1.165) is 12.0 Å². The molecular weight excluding hydrogens is 376 g/mol. The van der Waals surface area contributed by atoms with Gasteiger partial charge in [0.2, 0.25) is 5.89 Å². The maximum absolute atomic E-state index is 13.4. The standard InChI is InChI=1S/C21H19F2N5O/c1-2-8-16-25-20(28-29-16)17(13-9-4-3-5-10-13)26-19-14-11-6-7-12-15(14)24-21(27-19)18(22)23/h3-7,9-12,17-18H,2,8H2,1H3,(H,24,26,27)/t17-/m1/s1. The van der Waals surface area contributed by atoms with Gasteiger partial charge in [-0.15, -0.1) is 0 Å². The molecular formula is C21H19F2N5O. The molecule has 2 heterocycles. The highest BCUT2D eigenvalue weighted by Gasteiger charge is 2.23. The Hall–Kier alpha value is -3.42. The Bertz CT molecular complexity index is 1100. The van der Waals surface area contributed by atoms with Gasteiger partial charge in [-0.1, -0.05) is 54.5 Å². The van der Waals surface area contributed by atoms with E-state index < -0.39 is 18.3 Å². The first-order valence-electron chi connectivity index (χ1n) is 9.34. The molecule has 0 spiro atoms. The lowest BCUT2D eigenvalue weighted by Gasteiger charge is -2.18. The topological polar surface area (TPSA) is 76.7 Å². The summed E-state index contributed by atoms with van der Waals surface area (Å²) < 4.78 is 32.0. The molecule has 0 bridgehead atoms. The fraction of sp³-hybridized carbons (Fsp3) is 0.238. The van der Waals surface area contributed by atoms with E-state index in [4.69, 9.17) is 4.52 Å². The van der Waals surface area contributed by atoms with Crippen molar-refractivity contribution in [3.63, 3.8) is 0 Å². The number of nitrogens with one attached hydrogen (secondary N) is 1. The number of aryl methyl sites for hydroxylation is 1. The van der Waals surface area contributed by atoms with Crippen molar-refractivity contribution >= 4 is 16.7 Å². The van der Waals surface area contributed by atoms with Crippen molar-refractivity contribution in [2.45, 2.75) is 32.2 Å². The van der Waals surface area contributed by atoms with Crippen LogP contribution in [0.5, 0.6) is 0 Å². The number of rotatable bonds is 7. The first-order chi connectivity index (χ1) is 14.2. The lowest BCUT2D eigenvalue weighted by atomic mass is 10.1. The van der Waals surface area contributed by atoms with E-state index in [-0.39, 0.29) is 0 Å². The molecule has 0 aliphatic carbocycles. The number of hydrogen-bond donors (Lipinski definition) is 1. The van der Waals surface area contributed by atoms with E-state index in [1.165, 1.54) is 0 Å². The van der Waals surface area contributed by atoms with Gasteiger partial charge in [-0.25, -0.2) is 18.7 Å². The average Bonchev–Trinajstić information content (AvgIpc) is 3.21. The van der Waals surface area contributed by atoms with Crippen molar-refractivity contribution in [1.29, 1.82) is 0 Å². The van der Waals surface area contributed by atoms with E-state index in [1.54, 1.807) is 18.2 Å². The summed E-state index contributed by atoms with van der Waals surface area (Å²) in [5.74, 6) is 0.714. The zero-order chi connectivity index (χ0) is 20.2. The van der Waals surface area contributed by atoms with Crippen LogP contribution in [0.4, 0.5) is 14.6 Å². The highest BCUT2D eigenvalue weighted by Crippen LogP contribution is 2.30. The molecule has 4 rings (SSSR count). The second-order valence-electron chi connectivity index (χ2n) is 6.53. The third kappa shape index (κ3) is 4.06. The average molecular weight is 395 g/mol. The van der Waals surface area contributed by atoms with E-state index in [1.807, 2.05) is 43.3 Å². The molecule has 0 aliphatic rings. The molecule has 0 amide bonds. The van der Waals surface area contributed by atoms with E-state index in [9.17, 15) is 8.78 Å². The van der Waals surface area contributed by atoms with Crippen molar-refractivity contribution in [3.05, 3.63) is 77.7 Å². The van der Waals surface area contributed by atoms with E-state index in [2.05, 4.69) is 25.4 Å². The van der Waals surface area contributed by atoms with Crippen molar-refractivity contribution in [3.8, 4) is 0 Å². The van der Waals surface area contributed by atoms with Crippen molar-refractivity contribution in [1.82, 2.24) is 20.1 Å². The number of benzene rings is 2. The van der Waals surface area contributed by atoms with Gasteiger partial charge in [0.25, 0.3) is 6.43 Å². The summed E-state index contributed by atoms with van der Waals surface area (Å²) in [6, 6.07) is 16.0. The molecule has 0 unspecified atom stereocenters. The van der Waals surface area contributed by atoms with E-state index in [0.29, 0.717) is 34.9 Å². The van der Waals surface area contributed by atoms with Gasteiger partial charge in [0.15, 0.2) is 11.6 Å². The van der Waals surface area contributed by atoms with Gasteiger partial charge < -0.3 is 9.84 Å². The van der Waals surface area contributed by atoms with Crippen LogP contribution < -0.4 is 5.32 Å². The van der Waals surface area contributed by atoms with Gasteiger partial charge >= 0.3 is 0 Å². The lowest BCUT2D eigenvalue weighted by Crippen LogP contribution is -2.16. The highest BCUT2D eigenvalue weighted by atomic mass is 19.3. The number of aromatic nitrogens is 4. The van der Waals surface area contributed by atoms with Crippen molar-refractivity contribution in [2.24, 2.45) is 0 Å². The van der Waals surface area contributed by atoms with Crippen molar-refractivity contribution < 1.29 is 13.3 Å². The summed E-state index contributed by atoms with van der Waals surface area (Å²) in [7, 11) is 0. The maximum Gasteiger partial charge on any atom is 0.297 e. The molecule has 0 radical (unpaired) electrons. The summed E-state index contributed by atoms with van der Waals surface area (Å²) in [5.41, 5.74) is 1.30. The van der Waals surface area contributed by atoms with Gasteiger partial charge in [-0.2, -0.15) is 4.98 Å². The second kappa shape index (κ2) is 8.30. The van der Waals surface area contributed by atoms with Crippen LogP contribution in [0.15, 0.2) is 59.1 Å². The van der Waals surface area contributed by atoms with Gasteiger partial charge in [0, 0.05) is 11.8 Å². The van der Waals surface area contributed by atoms with Crippen LogP contribution >= 0.6 is 0 Å². The molecule has 8 heteroatoms. The molecule has 1 N–H and O–H groups in total. The molecule has 0 fully saturated rings. The number of anilines is 1. The van der Waals surface area contributed by atoms with Gasteiger partial charge in [-0.05, 0) is 24.1 Å². The Balaban J connectivity index is 1.80. The summed E-state index contributed by atoms with van der Waals surface area (Å²) in [6.07, 6.45) is -1.24. The smallest absolute Gasteiger partial charge is 0.297 e. The predicted molar refractivity (Wildman–Crippen MR) is 105 cm³/mol. The van der Waals surface area contributed by atoms with Crippen LogP contribution in [-0.2, 0) is 6.42 Å². The molecule has 0 aliphatic heterocycles. The zero-order valence-electron chi connectivity index (χ0n) is 15.7. The molecule has 6 nitrogen and oxygen atoms in total. The van der Waals surface area contributed by atoms with Crippen LogP contribution in [-0.4, -0.2) is 20.1 Å². The Kier molecular flexibility index (Phi) is 5.41. The minimum absolute atomic E-state index is 0.293. The number of halogens is 2. The van der Waals surface area contributed by atoms with Crippen molar-refractivity contribution in [2.75, 3.05) is 5.32 Å². The first-order valence-corrected chi connectivity index (χ1v) is 9.34. The second-order valence-corrected chi connectivity index (χ2v) is 6.53. The van der Waals surface area contributed by atoms with Gasteiger partial charge in [0.1, 0.15) is 11.9 Å². The zero-order valence-corrected chi connectivity index (χ0v) is 15.7. The summed E-state index contributed by atoms with van der Waals surface area (Å²) in [6.45, 7) is 2.02. The fourth-order valence-corrected chi connectivity index (χ4v) is 3.08. The van der Waals surface area contributed by atoms with E-state index >= 15 is 0 Å². The highest BCUT2D eigenvalue weighted by molar-refractivity contribution is 5.89. The van der Waals surface area contributed by atoms with Crippen LogP contribution in [0.3, 0.4) is 0 Å². The minimum Gasteiger partial charge on any atom is -0.355 e. The molecule has 4 aromatic rings. The van der Waals surface area contributed by atoms with Crippen LogP contribution in [0.2, 0.25) is 0 Å². The normalized spacial score (nSPS) is 12.4. The number of para-hydroxylation sites is 1. The third-order valence-electron chi connectivity index (χ3n) is 4.44. The third-order valence-corrected chi connectivity index (χ3v) is 4.44. The SMILES string of the molecule is CCCc1nc([C@H](Nc2nc(C(F)F)nc3ccccc23)c2ccccc2)no1. The number of alkyl halides is 2. The molecule has 29 heavy (non-hydrogen) atoms. The van der Waals surface area contributed by atoms with Crippen LogP contribution in [0.1, 0.15) is 48.9 Å². The molecule has 0 saturated carbocycles. The molecule has 2 aromatic carbocycles. The molecule has 0 saturated heterocycles. The Morgan fingerprint density at radius 3 is 2.45 bits per heavy atom. The molecule has 1 atom stereocenters. The quantitative estimate of drug-likeness (QED) is 0.469. The van der Waals surface area contributed by atoms with Gasteiger partial charge in [0.05, 0.1) is 5.52 Å². The molecule has 2 aromatic heterocycles. The maximum atomic E-state index is 13.4. The Morgan fingerprint density at radius 2 is 1.69 bits per heavy atom. The molecule has 148 valence electrons. The summed E-state index contributed by atoms with van der Waals surface area (Å²) in [4.78, 5) is 12.5. The number of nitrogens with zero attached hydrogens (tertiary/aromatic N) is 4. The number of fused-ring (bicyclic) bond motifs is 1. The van der Waals surface area contributed by atoms with Crippen LogP contribution in [0.25, 0.3) is 10.9 Å². The monoisotopic (exact) mass is 395 g/mol. The number of hydrogen-bond acceptors (Lipinski definition) is 6. The van der Waals surface area contributed by atoms with Crippen LogP contribution in [0, 0.1) is 0 Å².